The smallest absolute Gasteiger partial charge is 0.305 e. The van der Waals surface area contributed by atoms with Crippen molar-refractivity contribution < 1.29 is 19.1 Å². The molecule has 1 aromatic rings. The molecule has 2 N–H and O–H groups in total. The van der Waals surface area contributed by atoms with Gasteiger partial charge < -0.3 is 25.0 Å². The molecule has 0 heterocycles. The van der Waals surface area contributed by atoms with Crippen molar-refractivity contribution >= 4 is 23.3 Å². The van der Waals surface area contributed by atoms with Gasteiger partial charge in [-0.25, -0.2) is 0 Å². The van der Waals surface area contributed by atoms with Crippen molar-refractivity contribution in [2.75, 3.05) is 57.1 Å². The zero-order valence-electron chi connectivity index (χ0n) is 36.4. The fourth-order valence-corrected chi connectivity index (χ4v) is 7.79. The molecule has 0 bridgehead atoms. The van der Waals surface area contributed by atoms with E-state index in [-0.39, 0.29) is 11.9 Å². The zero-order chi connectivity index (χ0) is 40.4. The summed E-state index contributed by atoms with van der Waals surface area (Å²) in [5, 5.41) is 5.99. The lowest BCUT2D eigenvalue weighted by Gasteiger charge is -2.23. The minimum Gasteiger partial charge on any atom is -0.466 e. The highest BCUT2D eigenvalue weighted by atomic mass is 16.5. The maximum Gasteiger partial charge on any atom is 0.305 e. The lowest BCUT2D eigenvalue weighted by atomic mass is 9.92. The number of ether oxygens (including phenoxy) is 2. The lowest BCUT2D eigenvalue weighted by Crippen LogP contribution is -2.37. The number of nitrogens with zero attached hydrogens (tertiary/aromatic N) is 1. The van der Waals surface area contributed by atoms with Gasteiger partial charge in [0.05, 0.1) is 13.2 Å². The normalized spacial score (nSPS) is 11.6. The van der Waals surface area contributed by atoms with Gasteiger partial charge in [0.2, 0.25) is 0 Å². The van der Waals surface area contributed by atoms with E-state index < -0.39 is 10.9 Å². The molecule has 1 aromatic carbocycles. The Kier molecular flexibility index (Phi) is 32.0. The van der Waals surface area contributed by atoms with Crippen LogP contribution in [0.2, 0.25) is 0 Å². The molecule has 0 unspecified atom stereocenters. The van der Waals surface area contributed by atoms with Gasteiger partial charge in [0.25, 0.3) is 10.9 Å². The zero-order valence-corrected chi connectivity index (χ0v) is 36.4. The number of anilines is 2. The third-order valence-corrected chi connectivity index (χ3v) is 11.2. The number of rotatable bonds is 40. The molecule has 0 saturated heterocycles. The van der Waals surface area contributed by atoms with E-state index >= 15 is 0 Å². The highest BCUT2D eigenvalue weighted by molar-refractivity contribution is 5.73. The molecule has 0 aliphatic rings. The largest absolute Gasteiger partial charge is 0.466 e. The van der Waals surface area contributed by atoms with Gasteiger partial charge in [-0.1, -0.05) is 143 Å². The Balaban J connectivity index is 2.32. The second-order valence-electron chi connectivity index (χ2n) is 16.1. The van der Waals surface area contributed by atoms with Crippen LogP contribution in [0.4, 0.5) is 11.4 Å². The predicted octanol–water partition coefficient (Wildman–Crippen LogP) is 11.0. The Morgan fingerprint density at radius 1 is 0.509 bits per heavy atom. The second kappa shape index (κ2) is 34.8. The molecule has 9 nitrogen and oxygen atoms in total. The van der Waals surface area contributed by atoms with Gasteiger partial charge in [0, 0.05) is 26.4 Å². The summed E-state index contributed by atoms with van der Waals surface area (Å²) >= 11 is 0. The fraction of sp³-hybridized carbons (Fsp3) is 0.870. The summed E-state index contributed by atoms with van der Waals surface area (Å²) in [6.45, 7) is 13.7. The highest BCUT2D eigenvalue weighted by Gasteiger charge is 2.19. The molecule has 320 valence electrons. The van der Waals surface area contributed by atoms with Crippen LogP contribution in [0.1, 0.15) is 201 Å². The van der Waals surface area contributed by atoms with Gasteiger partial charge in [-0.3, -0.25) is 19.2 Å². The Labute approximate surface area is 336 Å². The van der Waals surface area contributed by atoms with Crippen LogP contribution in [0.5, 0.6) is 0 Å². The molecule has 1 rings (SSSR count). The fourth-order valence-electron chi connectivity index (χ4n) is 7.79. The van der Waals surface area contributed by atoms with E-state index in [1.165, 1.54) is 77.0 Å². The standard InChI is InChI=1S/C46H85N3O6/c1-6-10-18-27-40(28-19-11-7-2)32-38-55-42(51)30-21-15-13-17-23-35-49(36-24-33-48-44-43(47-5)45(52)46(44)53)34-22-16-12-14-20-29-41(50)54-37-31-39(25-8-3)26-9-4/h39-40,47-48H,6-38H2,1-5H3. The van der Waals surface area contributed by atoms with Crippen LogP contribution >= 0.6 is 0 Å². The van der Waals surface area contributed by atoms with Crippen molar-refractivity contribution in [2.45, 2.75) is 201 Å². The van der Waals surface area contributed by atoms with E-state index in [9.17, 15) is 19.2 Å². The van der Waals surface area contributed by atoms with Crippen LogP contribution in [0.25, 0.3) is 0 Å². The van der Waals surface area contributed by atoms with Crippen molar-refractivity contribution in [2.24, 2.45) is 11.8 Å². The number of hydrogen-bond acceptors (Lipinski definition) is 9. The molecule has 0 radical (unpaired) electrons. The topological polar surface area (TPSA) is 114 Å². The number of carbonyl (C=O) groups excluding carboxylic acids is 2. The van der Waals surface area contributed by atoms with Crippen LogP contribution in [0.15, 0.2) is 9.59 Å². The van der Waals surface area contributed by atoms with E-state index in [4.69, 9.17) is 9.47 Å². The van der Waals surface area contributed by atoms with Crippen LogP contribution in [-0.4, -0.2) is 63.3 Å². The van der Waals surface area contributed by atoms with Crippen molar-refractivity contribution in [3.63, 3.8) is 0 Å². The van der Waals surface area contributed by atoms with Crippen molar-refractivity contribution in [3.8, 4) is 0 Å². The third-order valence-electron chi connectivity index (χ3n) is 11.2. The Bertz CT molecular complexity index is 1130. The van der Waals surface area contributed by atoms with Crippen LogP contribution < -0.4 is 21.5 Å². The molecule has 0 saturated carbocycles. The first kappa shape index (κ1) is 50.6. The Morgan fingerprint density at radius 3 is 1.42 bits per heavy atom. The van der Waals surface area contributed by atoms with E-state index in [0.717, 1.165) is 103 Å². The predicted molar refractivity (Wildman–Crippen MR) is 232 cm³/mol. The minimum absolute atomic E-state index is 0.0375. The molecule has 0 spiro atoms. The van der Waals surface area contributed by atoms with E-state index in [0.29, 0.717) is 55.8 Å². The Hall–Kier alpha value is -2.42. The molecule has 0 aromatic heterocycles. The highest BCUT2D eigenvalue weighted by Crippen LogP contribution is 2.22. The number of nitrogens with one attached hydrogen (secondary N) is 2. The molecule has 0 amide bonds. The van der Waals surface area contributed by atoms with Crippen molar-refractivity contribution in [3.05, 3.63) is 20.4 Å². The molecule has 55 heavy (non-hydrogen) atoms. The minimum atomic E-state index is -0.442. The summed E-state index contributed by atoms with van der Waals surface area (Å²) in [4.78, 5) is 50.8. The summed E-state index contributed by atoms with van der Waals surface area (Å²) < 4.78 is 11.2. The van der Waals surface area contributed by atoms with Gasteiger partial charge in [0.15, 0.2) is 0 Å². The quantitative estimate of drug-likeness (QED) is 0.0382. The summed E-state index contributed by atoms with van der Waals surface area (Å²) in [7, 11) is 1.67. The molecule has 0 aliphatic carbocycles. The molecule has 0 atom stereocenters. The van der Waals surface area contributed by atoms with Crippen LogP contribution in [-0.2, 0) is 19.1 Å². The first-order valence-corrected chi connectivity index (χ1v) is 23.1. The van der Waals surface area contributed by atoms with Gasteiger partial charge in [0.1, 0.15) is 11.4 Å². The number of esters is 2. The second-order valence-corrected chi connectivity index (χ2v) is 16.1. The average Bonchev–Trinajstić information content (AvgIpc) is 3.17. The summed E-state index contributed by atoms with van der Waals surface area (Å²) in [6.07, 6.45) is 29.6. The van der Waals surface area contributed by atoms with Crippen molar-refractivity contribution in [1.29, 1.82) is 0 Å². The number of unbranched alkanes of at least 4 members (excludes halogenated alkanes) is 12. The molecular weight excluding hydrogens is 691 g/mol. The molecule has 0 aliphatic heterocycles. The summed E-state index contributed by atoms with van der Waals surface area (Å²) in [6, 6.07) is 0. The van der Waals surface area contributed by atoms with E-state index in [2.05, 4.69) is 43.2 Å². The van der Waals surface area contributed by atoms with E-state index in [1.54, 1.807) is 7.05 Å². The van der Waals surface area contributed by atoms with E-state index in [1.807, 2.05) is 0 Å². The maximum absolute atomic E-state index is 12.4. The van der Waals surface area contributed by atoms with Crippen LogP contribution in [0, 0.1) is 11.8 Å². The molecule has 9 heteroatoms. The monoisotopic (exact) mass is 776 g/mol. The average molecular weight is 776 g/mol. The first-order chi connectivity index (χ1) is 26.8. The molecule has 0 fully saturated rings. The summed E-state index contributed by atoms with van der Waals surface area (Å²) in [5.41, 5.74) is -0.0689. The van der Waals surface area contributed by atoms with Gasteiger partial charge in [-0.15, -0.1) is 0 Å². The van der Waals surface area contributed by atoms with Gasteiger partial charge >= 0.3 is 11.9 Å². The third kappa shape index (κ3) is 25.5. The Morgan fingerprint density at radius 2 is 0.945 bits per heavy atom. The van der Waals surface area contributed by atoms with Gasteiger partial charge in [-0.2, -0.15) is 0 Å². The SMILES string of the molecule is CCCCCC(CCCCC)CCOC(=O)CCCCCCCN(CCCCCCCC(=O)OCCC(CCC)CCC)CCCNc1c(NC)c(=O)c1=O. The molecular formula is C46H85N3O6. The van der Waals surface area contributed by atoms with Crippen LogP contribution in [0.3, 0.4) is 0 Å². The number of carbonyl (C=O) groups is 2. The van der Waals surface area contributed by atoms with Crippen molar-refractivity contribution in [1.82, 2.24) is 4.90 Å². The summed E-state index contributed by atoms with van der Waals surface area (Å²) in [5.74, 6) is 1.28. The number of hydrogen-bond donors (Lipinski definition) is 2. The van der Waals surface area contributed by atoms with Gasteiger partial charge in [-0.05, 0) is 76.4 Å². The first-order valence-electron chi connectivity index (χ1n) is 23.1. The lowest BCUT2D eigenvalue weighted by molar-refractivity contribution is -0.145. The maximum atomic E-state index is 12.4.